The van der Waals surface area contributed by atoms with Crippen LogP contribution in [0.4, 0.5) is 5.82 Å². The number of ether oxygens (including phenoxy) is 1. The predicted molar refractivity (Wildman–Crippen MR) is 137 cm³/mol. The number of pyridine rings is 1. The summed E-state index contributed by atoms with van der Waals surface area (Å²) in [6.45, 7) is 9.44. The van der Waals surface area contributed by atoms with Gasteiger partial charge in [0.1, 0.15) is 11.6 Å². The van der Waals surface area contributed by atoms with Crippen LogP contribution in [0.3, 0.4) is 0 Å². The summed E-state index contributed by atoms with van der Waals surface area (Å²) in [5.74, 6) is 1.74. The van der Waals surface area contributed by atoms with Gasteiger partial charge < -0.3 is 15.4 Å². The van der Waals surface area contributed by atoms with Crippen molar-refractivity contribution in [2.24, 2.45) is 5.41 Å². The van der Waals surface area contributed by atoms with Crippen molar-refractivity contribution in [2.45, 2.75) is 58.8 Å². The highest BCUT2D eigenvalue weighted by Gasteiger charge is 2.22. The molecule has 1 aliphatic carbocycles. The third-order valence-corrected chi connectivity index (χ3v) is 6.38. The Labute approximate surface area is 203 Å². The number of carbonyl (C=O) groups is 2. The van der Waals surface area contributed by atoms with Crippen LogP contribution in [0.5, 0.6) is 5.75 Å². The van der Waals surface area contributed by atoms with Crippen molar-refractivity contribution in [2.75, 3.05) is 25.5 Å². The van der Waals surface area contributed by atoms with Crippen molar-refractivity contribution in [1.82, 2.24) is 10.3 Å². The number of aromatic nitrogens is 1. The Morgan fingerprint density at radius 1 is 1.21 bits per heavy atom. The van der Waals surface area contributed by atoms with E-state index in [1.165, 1.54) is 0 Å². The van der Waals surface area contributed by atoms with Gasteiger partial charge in [0.2, 0.25) is 0 Å². The molecule has 1 heterocycles. The van der Waals surface area contributed by atoms with E-state index in [2.05, 4.69) is 36.0 Å². The molecule has 0 saturated heterocycles. The summed E-state index contributed by atoms with van der Waals surface area (Å²) in [6, 6.07) is 7.43. The zero-order valence-corrected chi connectivity index (χ0v) is 20.7. The number of allylic oxidation sites excluding steroid dienone is 1. The third kappa shape index (κ3) is 6.69. The van der Waals surface area contributed by atoms with Gasteiger partial charge in [0.25, 0.3) is 5.91 Å². The molecule has 2 aromatic rings. The molecule has 0 unspecified atom stereocenters. The Morgan fingerprint density at radius 3 is 2.74 bits per heavy atom. The van der Waals surface area contributed by atoms with Crippen LogP contribution in [-0.4, -0.2) is 36.9 Å². The van der Waals surface area contributed by atoms with E-state index in [1.54, 1.807) is 25.4 Å². The first kappa shape index (κ1) is 25.5. The van der Waals surface area contributed by atoms with Crippen molar-refractivity contribution in [3.05, 3.63) is 65.4 Å². The molecule has 0 atom stereocenters. The van der Waals surface area contributed by atoms with Crippen LogP contribution in [-0.2, 0) is 12.8 Å². The first-order valence-corrected chi connectivity index (χ1v) is 12.2. The minimum atomic E-state index is -0.104. The fraction of sp³-hybridized carbons (Fsp3) is 0.464. The molecule has 1 aromatic heterocycles. The molecule has 34 heavy (non-hydrogen) atoms. The summed E-state index contributed by atoms with van der Waals surface area (Å²) >= 11 is 0. The lowest BCUT2D eigenvalue weighted by Gasteiger charge is -2.25. The Hall–Kier alpha value is -3.15. The van der Waals surface area contributed by atoms with Gasteiger partial charge >= 0.3 is 0 Å². The molecule has 0 fully saturated rings. The van der Waals surface area contributed by atoms with Crippen LogP contribution < -0.4 is 15.4 Å². The third-order valence-electron chi connectivity index (χ3n) is 6.38. The molecule has 1 amide bonds. The lowest BCUT2D eigenvalue weighted by Crippen LogP contribution is -2.34. The number of rotatable bonds is 12. The summed E-state index contributed by atoms with van der Waals surface area (Å²) < 4.78 is 6.14. The topological polar surface area (TPSA) is 80.3 Å². The predicted octanol–water partition coefficient (Wildman–Crippen LogP) is 5.38. The smallest absolute Gasteiger partial charge is 0.252 e. The number of carbonyl (C=O) groups excluding carboxylic acids is 2. The van der Waals surface area contributed by atoms with E-state index in [0.29, 0.717) is 31.6 Å². The summed E-state index contributed by atoms with van der Waals surface area (Å²) in [5.41, 5.74) is 3.65. The van der Waals surface area contributed by atoms with Gasteiger partial charge in [0.05, 0.1) is 12.2 Å². The number of Topliss-reactive ketones (excluding diaryl/α,β-unsaturated/α-hetero) is 1. The lowest BCUT2D eigenvalue weighted by atomic mass is 9.86. The normalized spacial score (nSPS) is 13.2. The summed E-state index contributed by atoms with van der Waals surface area (Å²) in [5, 5.41) is 5.98. The van der Waals surface area contributed by atoms with Gasteiger partial charge in [-0.05, 0) is 73.8 Å². The zero-order valence-electron chi connectivity index (χ0n) is 20.7. The molecule has 1 aliphatic rings. The number of fused-ring (bicyclic) bond motifs is 1. The van der Waals surface area contributed by atoms with Gasteiger partial charge in [-0.1, -0.05) is 19.9 Å². The number of ketones is 1. The Morgan fingerprint density at radius 2 is 2.03 bits per heavy atom. The maximum Gasteiger partial charge on any atom is 0.252 e. The van der Waals surface area contributed by atoms with Crippen LogP contribution in [0, 0.1) is 5.41 Å². The van der Waals surface area contributed by atoms with E-state index in [9.17, 15) is 9.59 Å². The monoisotopic (exact) mass is 463 g/mol. The van der Waals surface area contributed by atoms with Crippen molar-refractivity contribution < 1.29 is 14.3 Å². The molecule has 3 rings (SSSR count). The Balaban J connectivity index is 1.45. The van der Waals surface area contributed by atoms with E-state index < -0.39 is 0 Å². The first-order chi connectivity index (χ1) is 16.3. The first-order valence-electron chi connectivity index (χ1n) is 12.2. The van der Waals surface area contributed by atoms with Crippen LogP contribution in [0.2, 0.25) is 0 Å². The molecule has 1 aromatic carbocycles. The molecular formula is C28H37N3O3. The van der Waals surface area contributed by atoms with E-state index in [1.807, 2.05) is 18.2 Å². The fourth-order valence-corrected chi connectivity index (χ4v) is 4.36. The fourth-order valence-electron chi connectivity index (χ4n) is 4.36. The van der Waals surface area contributed by atoms with Gasteiger partial charge in [-0.3, -0.25) is 9.59 Å². The SMILES string of the molecule is C=CCc1c(OCCCCC(C)(C)CNC(=O)c2ccc(NC)nc2)ccc2c1CCCC2=O. The van der Waals surface area contributed by atoms with Crippen molar-refractivity contribution in [3.8, 4) is 5.75 Å². The standard InChI is InChI=1S/C28H37N3O3/c1-5-9-23-21-10-8-11-24(32)22(21)13-14-25(23)34-17-7-6-16-28(2,3)19-31-27(33)20-12-15-26(29-4)30-18-20/h5,12-15,18H,1,6-11,16-17,19H2,2-4H3,(H,29,30)(H,31,33). The zero-order chi connectivity index (χ0) is 24.6. The average Bonchev–Trinajstić information content (AvgIpc) is 2.84. The molecule has 0 radical (unpaired) electrons. The highest BCUT2D eigenvalue weighted by Crippen LogP contribution is 2.32. The molecule has 0 saturated carbocycles. The molecule has 0 spiro atoms. The Bertz CT molecular complexity index is 1010. The van der Waals surface area contributed by atoms with Gasteiger partial charge in [0, 0.05) is 37.3 Å². The number of benzene rings is 1. The summed E-state index contributed by atoms with van der Waals surface area (Å²) in [6.07, 6.45) is 9.55. The molecule has 6 nitrogen and oxygen atoms in total. The van der Waals surface area contributed by atoms with Crippen molar-refractivity contribution in [1.29, 1.82) is 0 Å². The number of nitrogens with one attached hydrogen (secondary N) is 2. The van der Waals surface area contributed by atoms with E-state index in [0.717, 1.165) is 60.4 Å². The van der Waals surface area contributed by atoms with Gasteiger partial charge in [-0.25, -0.2) is 4.98 Å². The second-order valence-electron chi connectivity index (χ2n) is 9.67. The quantitative estimate of drug-likeness (QED) is 0.326. The van der Waals surface area contributed by atoms with Gasteiger partial charge in [0.15, 0.2) is 5.78 Å². The van der Waals surface area contributed by atoms with Crippen LogP contribution in [0.25, 0.3) is 0 Å². The molecule has 6 heteroatoms. The molecule has 0 bridgehead atoms. The van der Waals surface area contributed by atoms with E-state index in [4.69, 9.17) is 4.74 Å². The van der Waals surface area contributed by atoms with Gasteiger partial charge in [-0.2, -0.15) is 0 Å². The highest BCUT2D eigenvalue weighted by molar-refractivity contribution is 5.99. The second kappa shape index (κ2) is 11.8. The number of amides is 1. The lowest BCUT2D eigenvalue weighted by molar-refractivity contribution is 0.0931. The van der Waals surface area contributed by atoms with Crippen molar-refractivity contribution in [3.63, 3.8) is 0 Å². The maximum absolute atomic E-state index is 12.4. The minimum Gasteiger partial charge on any atom is -0.493 e. The maximum atomic E-state index is 12.4. The van der Waals surface area contributed by atoms with Crippen molar-refractivity contribution >= 4 is 17.5 Å². The molecule has 2 N–H and O–H groups in total. The van der Waals surface area contributed by atoms with E-state index >= 15 is 0 Å². The minimum absolute atomic E-state index is 0.0197. The summed E-state index contributed by atoms with van der Waals surface area (Å²) in [7, 11) is 1.80. The van der Waals surface area contributed by atoms with E-state index in [-0.39, 0.29) is 17.1 Å². The van der Waals surface area contributed by atoms with Crippen LogP contribution in [0.15, 0.2) is 43.1 Å². The average molecular weight is 464 g/mol. The number of nitrogens with zero attached hydrogens (tertiary/aromatic N) is 1. The summed E-state index contributed by atoms with van der Waals surface area (Å²) in [4.78, 5) is 28.9. The molecule has 182 valence electrons. The number of hydrogen-bond acceptors (Lipinski definition) is 5. The second-order valence-corrected chi connectivity index (χ2v) is 9.67. The molecule has 0 aliphatic heterocycles. The largest absolute Gasteiger partial charge is 0.493 e. The number of unbranched alkanes of at least 4 members (excludes halogenated alkanes) is 1. The van der Waals surface area contributed by atoms with Crippen LogP contribution in [0.1, 0.15) is 77.8 Å². The highest BCUT2D eigenvalue weighted by atomic mass is 16.5. The van der Waals surface area contributed by atoms with Crippen LogP contribution >= 0.6 is 0 Å². The molecular weight excluding hydrogens is 426 g/mol. The Kier molecular flexibility index (Phi) is 8.85. The van der Waals surface area contributed by atoms with Gasteiger partial charge in [-0.15, -0.1) is 6.58 Å². The number of hydrogen-bond donors (Lipinski definition) is 2. The number of anilines is 1.